The predicted molar refractivity (Wildman–Crippen MR) is 117 cm³/mol. The van der Waals surface area contributed by atoms with Crippen molar-refractivity contribution >= 4 is 11.7 Å². The Hall–Kier alpha value is -2.69. The van der Waals surface area contributed by atoms with Gasteiger partial charge in [-0.05, 0) is 50.3 Å². The van der Waals surface area contributed by atoms with Gasteiger partial charge in [0.1, 0.15) is 5.75 Å². The zero-order valence-corrected chi connectivity index (χ0v) is 17.4. The van der Waals surface area contributed by atoms with E-state index in [0.717, 1.165) is 37.6 Å². The van der Waals surface area contributed by atoms with Crippen molar-refractivity contribution in [3.63, 3.8) is 0 Å². The van der Waals surface area contributed by atoms with Crippen molar-refractivity contribution in [2.75, 3.05) is 37.7 Å². The number of aryl methyl sites for hydroxylation is 1. The number of carbonyl (C=O) groups excluding carboxylic acids is 1. The largest absolute Gasteiger partial charge is 0.492 e. The topological polar surface area (TPSA) is 44.8 Å². The number of anilines is 1. The lowest BCUT2D eigenvalue weighted by atomic mass is 10.0. The summed E-state index contributed by atoms with van der Waals surface area (Å²) in [6, 6.07) is 16.9. The Kier molecular flexibility index (Phi) is 5.93. The van der Waals surface area contributed by atoms with Crippen molar-refractivity contribution in [1.82, 2.24) is 10.2 Å². The SMILES string of the molecule is CCOc1ccccc1N1CCN(C(=O)NC(c2ccc(C)cc2)C2CC2)CC1. The fraction of sp³-hybridized carbons (Fsp3) is 0.458. The third-order valence-electron chi connectivity index (χ3n) is 5.88. The zero-order chi connectivity index (χ0) is 20.2. The minimum Gasteiger partial charge on any atom is -0.492 e. The number of para-hydroxylation sites is 2. The Morgan fingerprint density at radius 3 is 2.41 bits per heavy atom. The minimum atomic E-state index is 0.0558. The van der Waals surface area contributed by atoms with E-state index in [1.54, 1.807) is 0 Å². The van der Waals surface area contributed by atoms with Crippen LogP contribution in [0.25, 0.3) is 0 Å². The number of piperazine rings is 1. The van der Waals surface area contributed by atoms with Gasteiger partial charge in [0.15, 0.2) is 0 Å². The summed E-state index contributed by atoms with van der Waals surface area (Å²) in [4.78, 5) is 17.2. The molecule has 0 bridgehead atoms. The summed E-state index contributed by atoms with van der Waals surface area (Å²) < 4.78 is 5.77. The molecule has 1 heterocycles. The number of ether oxygens (including phenoxy) is 1. The third kappa shape index (κ3) is 4.66. The molecule has 2 aromatic rings. The highest BCUT2D eigenvalue weighted by atomic mass is 16.5. The summed E-state index contributed by atoms with van der Waals surface area (Å²) in [6.07, 6.45) is 2.39. The van der Waals surface area contributed by atoms with Gasteiger partial charge in [0.25, 0.3) is 0 Å². The van der Waals surface area contributed by atoms with Gasteiger partial charge < -0.3 is 19.9 Å². The third-order valence-corrected chi connectivity index (χ3v) is 5.88. The number of urea groups is 1. The van der Waals surface area contributed by atoms with Crippen molar-refractivity contribution in [2.24, 2.45) is 5.92 Å². The van der Waals surface area contributed by atoms with Crippen LogP contribution in [0, 0.1) is 12.8 Å². The Labute approximate surface area is 173 Å². The maximum Gasteiger partial charge on any atom is 0.318 e. The first-order chi connectivity index (χ1) is 14.2. The lowest BCUT2D eigenvalue weighted by Crippen LogP contribution is -2.52. The molecule has 4 rings (SSSR count). The summed E-state index contributed by atoms with van der Waals surface area (Å²) in [5, 5.41) is 3.31. The molecule has 1 saturated carbocycles. The smallest absolute Gasteiger partial charge is 0.318 e. The average Bonchev–Trinajstić information content (AvgIpc) is 3.59. The van der Waals surface area contributed by atoms with Gasteiger partial charge in [-0.1, -0.05) is 42.0 Å². The maximum absolute atomic E-state index is 13.0. The molecule has 2 fully saturated rings. The lowest BCUT2D eigenvalue weighted by molar-refractivity contribution is 0.188. The fourth-order valence-corrected chi connectivity index (χ4v) is 4.05. The van der Waals surface area contributed by atoms with Crippen molar-refractivity contribution in [1.29, 1.82) is 0 Å². The maximum atomic E-state index is 13.0. The number of amides is 2. The summed E-state index contributed by atoms with van der Waals surface area (Å²) in [5.41, 5.74) is 3.58. The van der Waals surface area contributed by atoms with E-state index in [0.29, 0.717) is 12.5 Å². The van der Waals surface area contributed by atoms with Crippen molar-refractivity contribution in [2.45, 2.75) is 32.7 Å². The number of hydrogen-bond acceptors (Lipinski definition) is 3. The summed E-state index contributed by atoms with van der Waals surface area (Å²) in [6.45, 7) is 7.82. The van der Waals surface area contributed by atoms with E-state index in [4.69, 9.17) is 4.74 Å². The average molecular weight is 394 g/mol. The van der Waals surface area contributed by atoms with E-state index < -0.39 is 0 Å². The highest BCUT2D eigenvalue weighted by Crippen LogP contribution is 2.41. The molecule has 5 heteroatoms. The monoisotopic (exact) mass is 393 g/mol. The molecule has 0 aromatic heterocycles. The molecule has 1 saturated heterocycles. The van der Waals surface area contributed by atoms with Crippen LogP contribution in [0.5, 0.6) is 5.75 Å². The Morgan fingerprint density at radius 1 is 1.07 bits per heavy atom. The second kappa shape index (κ2) is 8.76. The van der Waals surface area contributed by atoms with E-state index in [1.165, 1.54) is 24.0 Å². The number of benzene rings is 2. The summed E-state index contributed by atoms with van der Waals surface area (Å²) in [7, 11) is 0. The number of nitrogens with one attached hydrogen (secondary N) is 1. The second-order valence-electron chi connectivity index (χ2n) is 8.05. The van der Waals surface area contributed by atoms with Crippen LogP contribution in [0.2, 0.25) is 0 Å². The number of nitrogens with zero attached hydrogens (tertiary/aromatic N) is 2. The Bertz CT molecular complexity index is 824. The molecular formula is C24H31N3O2. The summed E-state index contributed by atoms with van der Waals surface area (Å²) in [5.74, 6) is 1.49. The molecule has 2 aromatic carbocycles. The molecule has 2 aliphatic rings. The van der Waals surface area contributed by atoms with E-state index >= 15 is 0 Å². The van der Waals surface area contributed by atoms with Crippen LogP contribution in [0.4, 0.5) is 10.5 Å². The first-order valence-corrected chi connectivity index (χ1v) is 10.7. The van der Waals surface area contributed by atoms with Gasteiger partial charge >= 0.3 is 6.03 Å². The zero-order valence-electron chi connectivity index (χ0n) is 17.4. The van der Waals surface area contributed by atoms with Crippen LogP contribution in [-0.2, 0) is 0 Å². The molecule has 1 atom stereocenters. The number of rotatable bonds is 6. The van der Waals surface area contributed by atoms with Crippen LogP contribution in [-0.4, -0.2) is 43.7 Å². The Balaban J connectivity index is 1.37. The van der Waals surface area contributed by atoms with Crippen LogP contribution < -0.4 is 15.0 Å². The van der Waals surface area contributed by atoms with Crippen LogP contribution >= 0.6 is 0 Å². The van der Waals surface area contributed by atoms with Gasteiger partial charge in [0, 0.05) is 26.2 Å². The fourth-order valence-electron chi connectivity index (χ4n) is 4.05. The van der Waals surface area contributed by atoms with Gasteiger partial charge in [0.05, 0.1) is 18.3 Å². The van der Waals surface area contributed by atoms with Gasteiger partial charge in [-0.2, -0.15) is 0 Å². The van der Waals surface area contributed by atoms with Crippen molar-refractivity contribution in [3.8, 4) is 5.75 Å². The molecule has 154 valence electrons. The lowest BCUT2D eigenvalue weighted by Gasteiger charge is -2.37. The first-order valence-electron chi connectivity index (χ1n) is 10.7. The first kappa shape index (κ1) is 19.6. The molecule has 0 spiro atoms. The number of carbonyl (C=O) groups is 1. The standard InChI is InChI=1S/C24H31N3O2/c1-3-29-22-7-5-4-6-21(22)26-14-16-27(17-15-26)24(28)25-23(20-12-13-20)19-10-8-18(2)9-11-19/h4-11,20,23H,3,12-17H2,1-2H3,(H,25,28). The van der Waals surface area contributed by atoms with E-state index in [2.05, 4.69) is 47.5 Å². The predicted octanol–water partition coefficient (Wildman–Crippen LogP) is 4.38. The van der Waals surface area contributed by atoms with E-state index in [1.807, 2.05) is 30.0 Å². The second-order valence-corrected chi connectivity index (χ2v) is 8.05. The summed E-state index contributed by atoms with van der Waals surface area (Å²) >= 11 is 0. The molecule has 1 unspecified atom stereocenters. The van der Waals surface area contributed by atoms with Gasteiger partial charge in [-0.3, -0.25) is 0 Å². The Morgan fingerprint density at radius 2 is 1.76 bits per heavy atom. The molecular weight excluding hydrogens is 362 g/mol. The van der Waals surface area contributed by atoms with Gasteiger partial charge in [-0.15, -0.1) is 0 Å². The van der Waals surface area contributed by atoms with E-state index in [9.17, 15) is 4.79 Å². The molecule has 1 N–H and O–H groups in total. The normalized spacial score (nSPS) is 17.7. The quantitative estimate of drug-likeness (QED) is 0.792. The number of hydrogen-bond donors (Lipinski definition) is 1. The molecule has 5 nitrogen and oxygen atoms in total. The van der Waals surface area contributed by atoms with Gasteiger partial charge in [0.2, 0.25) is 0 Å². The van der Waals surface area contributed by atoms with Crippen molar-refractivity contribution < 1.29 is 9.53 Å². The molecule has 2 amide bonds. The molecule has 1 aliphatic heterocycles. The molecule has 0 radical (unpaired) electrons. The highest BCUT2D eigenvalue weighted by molar-refractivity contribution is 5.75. The molecule has 1 aliphatic carbocycles. The van der Waals surface area contributed by atoms with Crippen molar-refractivity contribution in [3.05, 3.63) is 59.7 Å². The van der Waals surface area contributed by atoms with Crippen LogP contribution in [0.15, 0.2) is 48.5 Å². The van der Waals surface area contributed by atoms with Crippen LogP contribution in [0.3, 0.4) is 0 Å². The molecule has 29 heavy (non-hydrogen) atoms. The van der Waals surface area contributed by atoms with E-state index in [-0.39, 0.29) is 12.1 Å². The van der Waals surface area contributed by atoms with Gasteiger partial charge in [-0.25, -0.2) is 4.79 Å². The van der Waals surface area contributed by atoms with Crippen LogP contribution in [0.1, 0.15) is 36.9 Å². The highest BCUT2D eigenvalue weighted by Gasteiger charge is 2.34. The minimum absolute atomic E-state index is 0.0558.